The van der Waals surface area contributed by atoms with E-state index in [9.17, 15) is 13.2 Å². The van der Waals surface area contributed by atoms with Crippen molar-refractivity contribution in [3.8, 4) is 11.8 Å². The first-order chi connectivity index (χ1) is 16.2. The molecule has 0 radical (unpaired) electrons. The zero-order valence-corrected chi connectivity index (χ0v) is 19.1. The van der Waals surface area contributed by atoms with Gasteiger partial charge < -0.3 is 15.0 Å². The number of aryl methyl sites for hydroxylation is 1. The first-order valence-corrected chi connectivity index (χ1v) is 11.4. The van der Waals surface area contributed by atoms with Gasteiger partial charge >= 0.3 is 12.2 Å². The molecular weight excluding hydrogens is 471 g/mol. The van der Waals surface area contributed by atoms with Gasteiger partial charge in [-0.3, -0.25) is 0 Å². The van der Waals surface area contributed by atoms with Crippen molar-refractivity contribution in [2.45, 2.75) is 38.5 Å². The van der Waals surface area contributed by atoms with Crippen LogP contribution in [-0.4, -0.2) is 50.0 Å². The number of halogens is 4. The summed E-state index contributed by atoms with van der Waals surface area (Å²) in [5.41, 5.74) is 0.907. The summed E-state index contributed by atoms with van der Waals surface area (Å²) in [5.74, 6) is 1.88. The summed E-state index contributed by atoms with van der Waals surface area (Å²) in [7, 11) is 0. The summed E-state index contributed by atoms with van der Waals surface area (Å²) in [5, 5.41) is 7.77. The number of fused-ring (bicyclic) bond motifs is 2. The fourth-order valence-corrected chi connectivity index (χ4v) is 4.96. The van der Waals surface area contributed by atoms with E-state index >= 15 is 0 Å². The second-order valence-electron chi connectivity index (χ2n) is 8.74. The molecule has 12 heteroatoms. The third-order valence-electron chi connectivity index (χ3n) is 6.21. The van der Waals surface area contributed by atoms with E-state index in [2.05, 4.69) is 30.3 Å². The molecule has 1 saturated heterocycles. The summed E-state index contributed by atoms with van der Waals surface area (Å²) >= 11 is 5.97. The van der Waals surface area contributed by atoms with E-state index in [1.54, 1.807) is 24.5 Å². The van der Waals surface area contributed by atoms with Crippen molar-refractivity contribution >= 4 is 23.4 Å². The molecule has 180 valence electrons. The van der Waals surface area contributed by atoms with Crippen LogP contribution >= 0.6 is 11.6 Å². The van der Waals surface area contributed by atoms with E-state index < -0.39 is 12.7 Å². The van der Waals surface area contributed by atoms with Gasteiger partial charge in [-0.05, 0) is 49.8 Å². The quantitative estimate of drug-likeness (QED) is 0.532. The maximum absolute atomic E-state index is 13.2. The maximum atomic E-state index is 13.2. The van der Waals surface area contributed by atoms with Gasteiger partial charge in [0.15, 0.2) is 0 Å². The van der Waals surface area contributed by atoms with Crippen LogP contribution in [0.15, 0.2) is 36.7 Å². The number of hydrogen-bond donors (Lipinski definition) is 1. The molecule has 34 heavy (non-hydrogen) atoms. The molecule has 1 aliphatic carbocycles. The van der Waals surface area contributed by atoms with Crippen LogP contribution in [0, 0.1) is 18.8 Å². The normalized spacial score (nSPS) is 22.1. The van der Waals surface area contributed by atoms with E-state index in [0.717, 1.165) is 42.1 Å². The third kappa shape index (κ3) is 5.03. The molecule has 5 rings (SSSR count). The van der Waals surface area contributed by atoms with E-state index in [4.69, 9.17) is 16.3 Å². The van der Waals surface area contributed by atoms with Gasteiger partial charge in [0.25, 0.3) is 0 Å². The van der Waals surface area contributed by atoms with E-state index in [1.807, 2.05) is 13.0 Å². The molecule has 3 aromatic rings. The molecule has 2 aliphatic rings. The fourth-order valence-electron chi connectivity index (χ4n) is 4.78. The summed E-state index contributed by atoms with van der Waals surface area (Å²) in [6, 6.07) is 8.16. The molecule has 3 heterocycles. The molecule has 2 fully saturated rings. The van der Waals surface area contributed by atoms with Gasteiger partial charge in [0.2, 0.25) is 5.95 Å². The number of rotatable bonds is 6. The van der Waals surface area contributed by atoms with Crippen molar-refractivity contribution in [3.05, 3.63) is 47.4 Å². The van der Waals surface area contributed by atoms with Gasteiger partial charge in [0, 0.05) is 35.9 Å². The minimum atomic E-state index is -4.47. The van der Waals surface area contributed by atoms with Crippen LogP contribution in [0.5, 0.6) is 11.8 Å². The van der Waals surface area contributed by atoms with E-state index in [-0.39, 0.29) is 23.8 Å². The molecule has 1 aliphatic heterocycles. The SMILES string of the molecule is Cc1cc(N2CC3CCC(C2)C3Nc2nc(Oc3cccc(Cl)c3)n(CC(F)(F)F)n2)ncn1. The molecule has 8 nitrogen and oxygen atoms in total. The topological polar surface area (TPSA) is 81.0 Å². The van der Waals surface area contributed by atoms with Crippen molar-refractivity contribution in [1.82, 2.24) is 24.7 Å². The molecular formula is C22H23ClF3N7O. The van der Waals surface area contributed by atoms with Crippen molar-refractivity contribution < 1.29 is 17.9 Å². The average molecular weight is 494 g/mol. The third-order valence-corrected chi connectivity index (χ3v) is 6.45. The Bertz CT molecular complexity index is 1160. The Hall–Kier alpha value is -3.08. The molecule has 2 unspecified atom stereocenters. The standard InChI is InChI=1S/C22H23ClF3N7O/c1-13-7-18(28-12-27-13)32-9-14-5-6-15(10-32)19(14)29-20-30-21(33(31-20)11-22(24,25)26)34-17-4-2-3-16(23)8-17/h2-4,7-8,12,14-15,19H,5-6,9-11H2,1H3,(H,29,31). The average Bonchev–Trinajstić information content (AvgIpc) is 3.21. The first-order valence-electron chi connectivity index (χ1n) is 11.0. The lowest BCUT2D eigenvalue weighted by molar-refractivity contribution is -0.143. The van der Waals surface area contributed by atoms with Gasteiger partial charge in [-0.2, -0.15) is 18.2 Å². The molecule has 1 N–H and O–H groups in total. The zero-order chi connectivity index (χ0) is 23.9. The second-order valence-corrected chi connectivity index (χ2v) is 9.18. The van der Waals surface area contributed by atoms with Crippen LogP contribution in [0.1, 0.15) is 18.5 Å². The number of anilines is 2. The minimum absolute atomic E-state index is 0.0555. The number of nitrogens with zero attached hydrogens (tertiary/aromatic N) is 6. The van der Waals surface area contributed by atoms with Gasteiger partial charge in [0.05, 0.1) is 0 Å². The van der Waals surface area contributed by atoms with Crippen LogP contribution in [0.2, 0.25) is 5.02 Å². The number of nitrogens with one attached hydrogen (secondary N) is 1. The Balaban J connectivity index is 1.34. The predicted molar refractivity (Wildman–Crippen MR) is 120 cm³/mol. The smallest absolute Gasteiger partial charge is 0.408 e. The Morgan fingerprint density at radius 2 is 1.91 bits per heavy atom. The maximum Gasteiger partial charge on any atom is 0.408 e. The highest BCUT2D eigenvalue weighted by atomic mass is 35.5. The monoisotopic (exact) mass is 493 g/mol. The highest BCUT2D eigenvalue weighted by Crippen LogP contribution is 2.40. The minimum Gasteiger partial charge on any atom is -0.424 e. The van der Waals surface area contributed by atoms with Gasteiger partial charge in [0.1, 0.15) is 24.4 Å². The molecule has 2 atom stereocenters. The van der Waals surface area contributed by atoms with E-state index in [1.165, 1.54) is 6.07 Å². The summed E-state index contributed by atoms with van der Waals surface area (Å²) in [4.78, 5) is 15.0. The van der Waals surface area contributed by atoms with Crippen molar-refractivity contribution in [3.63, 3.8) is 0 Å². The number of alkyl halides is 3. The van der Waals surface area contributed by atoms with Gasteiger partial charge in [-0.15, -0.1) is 5.10 Å². The van der Waals surface area contributed by atoms with Crippen LogP contribution < -0.4 is 15.0 Å². The molecule has 1 aromatic carbocycles. The first kappa shape index (κ1) is 22.7. The van der Waals surface area contributed by atoms with Gasteiger partial charge in [-0.25, -0.2) is 14.6 Å². The number of aromatic nitrogens is 5. The van der Waals surface area contributed by atoms with Crippen molar-refractivity contribution in [2.75, 3.05) is 23.3 Å². The lowest BCUT2D eigenvalue weighted by atomic mass is 9.92. The van der Waals surface area contributed by atoms with Crippen LogP contribution in [0.3, 0.4) is 0 Å². The molecule has 0 amide bonds. The molecule has 2 aromatic heterocycles. The van der Waals surface area contributed by atoms with Crippen LogP contribution in [0.25, 0.3) is 0 Å². The fraction of sp³-hybridized carbons (Fsp3) is 0.455. The second kappa shape index (κ2) is 8.94. The molecule has 0 spiro atoms. The molecule has 2 bridgehead atoms. The van der Waals surface area contributed by atoms with Crippen molar-refractivity contribution in [1.29, 1.82) is 0 Å². The van der Waals surface area contributed by atoms with Gasteiger partial charge in [-0.1, -0.05) is 17.7 Å². The number of piperidine rings is 1. The Kier molecular flexibility index (Phi) is 5.97. The van der Waals surface area contributed by atoms with Crippen LogP contribution in [0.4, 0.5) is 24.9 Å². The number of hydrogen-bond acceptors (Lipinski definition) is 7. The molecule has 1 saturated carbocycles. The van der Waals surface area contributed by atoms with Crippen LogP contribution in [-0.2, 0) is 6.54 Å². The van der Waals surface area contributed by atoms with Crippen molar-refractivity contribution in [2.24, 2.45) is 11.8 Å². The summed E-state index contributed by atoms with van der Waals surface area (Å²) < 4.78 is 45.8. The predicted octanol–water partition coefficient (Wildman–Crippen LogP) is 4.71. The number of ether oxygens (including phenoxy) is 1. The number of benzene rings is 1. The Morgan fingerprint density at radius 3 is 2.59 bits per heavy atom. The summed E-state index contributed by atoms with van der Waals surface area (Å²) in [6.07, 6.45) is -0.886. The highest BCUT2D eigenvalue weighted by Gasteiger charge is 2.43. The summed E-state index contributed by atoms with van der Waals surface area (Å²) in [6.45, 7) is 2.20. The zero-order valence-electron chi connectivity index (χ0n) is 18.3. The Labute approximate surface area is 199 Å². The lowest BCUT2D eigenvalue weighted by Gasteiger charge is -2.38. The lowest BCUT2D eigenvalue weighted by Crippen LogP contribution is -2.48. The van der Waals surface area contributed by atoms with E-state index in [0.29, 0.717) is 16.9 Å². The Morgan fingerprint density at radius 1 is 1.15 bits per heavy atom. The highest BCUT2D eigenvalue weighted by molar-refractivity contribution is 6.30. The largest absolute Gasteiger partial charge is 0.424 e.